The standard InChI is InChI=1S/C13H17NO3/c1-8-7-12(17-5)9(2)6-11(8)14(4)13(16)10(3)15/h6-7H,1-5H3. The number of rotatable bonds is 3. The van der Waals surface area contributed by atoms with Crippen molar-refractivity contribution in [1.29, 1.82) is 0 Å². The molecule has 0 aliphatic carbocycles. The van der Waals surface area contributed by atoms with Crippen LogP contribution in [0.3, 0.4) is 0 Å². The van der Waals surface area contributed by atoms with Crippen LogP contribution in [0.1, 0.15) is 18.1 Å². The molecule has 1 rings (SSSR count). The van der Waals surface area contributed by atoms with Crippen LogP contribution in [-0.2, 0) is 9.59 Å². The highest BCUT2D eigenvalue weighted by Crippen LogP contribution is 2.28. The minimum absolute atomic E-state index is 0.472. The van der Waals surface area contributed by atoms with Gasteiger partial charge in [0.1, 0.15) is 5.75 Å². The largest absolute Gasteiger partial charge is 0.496 e. The lowest BCUT2D eigenvalue weighted by molar-refractivity contribution is -0.134. The van der Waals surface area contributed by atoms with Gasteiger partial charge in [-0.2, -0.15) is 0 Å². The zero-order chi connectivity index (χ0) is 13.2. The molecule has 0 bridgehead atoms. The molecule has 0 spiro atoms. The highest BCUT2D eigenvalue weighted by atomic mass is 16.5. The van der Waals surface area contributed by atoms with E-state index in [1.807, 2.05) is 26.0 Å². The number of benzene rings is 1. The number of amides is 1. The number of hydrogen-bond acceptors (Lipinski definition) is 3. The molecule has 1 aromatic carbocycles. The predicted molar refractivity (Wildman–Crippen MR) is 66.6 cm³/mol. The van der Waals surface area contributed by atoms with Crippen LogP contribution in [0, 0.1) is 13.8 Å². The van der Waals surface area contributed by atoms with Gasteiger partial charge in [0.2, 0.25) is 5.78 Å². The van der Waals surface area contributed by atoms with Crippen molar-refractivity contribution >= 4 is 17.4 Å². The first-order chi connectivity index (χ1) is 7.88. The van der Waals surface area contributed by atoms with E-state index in [-0.39, 0.29) is 0 Å². The summed E-state index contributed by atoms with van der Waals surface area (Å²) < 4.78 is 5.20. The summed E-state index contributed by atoms with van der Waals surface area (Å²) in [7, 11) is 3.20. The summed E-state index contributed by atoms with van der Waals surface area (Å²) in [5.41, 5.74) is 2.55. The molecule has 17 heavy (non-hydrogen) atoms. The summed E-state index contributed by atoms with van der Waals surface area (Å²) in [6, 6.07) is 3.70. The van der Waals surface area contributed by atoms with E-state index < -0.39 is 11.7 Å². The molecule has 1 aromatic rings. The van der Waals surface area contributed by atoms with Crippen LogP contribution in [0.5, 0.6) is 5.75 Å². The smallest absolute Gasteiger partial charge is 0.293 e. The van der Waals surface area contributed by atoms with Crippen LogP contribution in [0.2, 0.25) is 0 Å². The third-order valence-electron chi connectivity index (χ3n) is 2.68. The maximum atomic E-state index is 11.6. The zero-order valence-electron chi connectivity index (χ0n) is 10.8. The van der Waals surface area contributed by atoms with Crippen molar-refractivity contribution in [1.82, 2.24) is 0 Å². The van der Waals surface area contributed by atoms with Crippen LogP contribution in [-0.4, -0.2) is 25.8 Å². The molecule has 0 aromatic heterocycles. The van der Waals surface area contributed by atoms with Gasteiger partial charge in [-0.25, -0.2) is 0 Å². The third kappa shape index (κ3) is 2.64. The van der Waals surface area contributed by atoms with Crippen molar-refractivity contribution in [2.75, 3.05) is 19.1 Å². The normalized spacial score (nSPS) is 9.94. The molecule has 0 radical (unpaired) electrons. The molecule has 0 N–H and O–H groups in total. The second-order valence-electron chi connectivity index (χ2n) is 4.03. The Hall–Kier alpha value is -1.84. The highest BCUT2D eigenvalue weighted by Gasteiger charge is 2.18. The Morgan fingerprint density at radius 3 is 2.24 bits per heavy atom. The summed E-state index contributed by atoms with van der Waals surface area (Å²) in [5, 5.41) is 0. The predicted octanol–water partition coefficient (Wildman–Crippen LogP) is 1.86. The van der Waals surface area contributed by atoms with Gasteiger partial charge < -0.3 is 9.64 Å². The number of aryl methyl sites for hydroxylation is 2. The minimum atomic E-state index is -0.516. The lowest BCUT2D eigenvalue weighted by Gasteiger charge is -2.20. The fourth-order valence-electron chi connectivity index (χ4n) is 1.70. The summed E-state index contributed by atoms with van der Waals surface area (Å²) in [4.78, 5) is 24.0. The molecule has 0 aliphatic rings. The van der Waals surface area contributed by atoms with Crippen molar-refractivity contribution < 1.29 is 14.3 Å². The van der Waals surface area contributed by atoms with E-state index in [0.717, 1.165) is 22.6 Å². The molecule has 4 heteroatoms. The first-order valence-corrected chi connectivity index (χ1v) is 5.32. The van der Waals surface area contributed by atoms with E-state index in [1.165, 1.54) is 11.8 Å². The number of ketones is 1. The van der Waals surface area contributed by atoms with Gasteiger partial charge >= 0.3 is 0 Å². The molecule has 0 unspecified atom stereocenters. The second-order valence-corrected chi connectivity index (χ2v) is 4.03. The van der Waals surface area contributed by atoms with Gasteiger partial charge in [-0.05, 0) is 37.1 Å². The van der Waals surface area contributed by atoms with Crippen LogP contribution in [0.25, 0.3) is 0 Å². The molecule has 0 heterocycles. The van der Waals surface area contributed by atoms with Gasteiger partial charge in [0, 0.05) is 19.7 Å². The van der Waals surface area contributed by atoms with E-state index >= 15 is 0 Å². The lowest BCUT2D eigenvalue weighted by atomic mass is 10.1. The summed E-state index contributed by atoms with van der Waals surface area (Å²) in [6.45, 7) is 5.04. The molecule has 0 aliphatic heterocycles. The van der Waals surface area contributed by atoms with Gasteiger partial charge in [-0.3, -0.25) is 9.59 Å². The lowest BCUT2D eigenvalue weighted by Crippen LogP contribution is -2.32. The Labute approximate surface area is 101 Å². The van der Waals surface area contributed by atoms with E-state index in [0.29, 0.717) is 0 Å². The summed E-state index contributed by atoms with van der Waals surface area (Å²) in [6.07, 6.45) is 0. The fourth-order valence-corrected chi connectivity index (χ4v) is 1.70. The van der Waals surface area contributed by atoms with Gasteiger partial charge in [0.05, 0.1) is 7.11 Å². The number of ether oxygens (including phenoxy) is 1. The van der Waals surface area contributed by atoms with E-state index in [9.17, 15) is 9.59 Å². The van der Waals surface area contributed by atoms with Crippen molar-refractivity contribution in [2.45, 2.75) is 20.8 Å². The van der Waals surface area contributed by atoms with Crippen molar-refractivity contribution in [2.24, 2.45) is 0 Å². The quantitative estimate of drug-likeness (QED) is 0.751. The second kappa shape index (κ2) is 4.99. The third-order valence-corrected chi connectivity index (χ3v) is 2.68. The maximum absolute atomic E-state index is 11.6. The molecule has 4 nitrogen and oxygen atoms in total. The molecule has 1 amide bonds. The average molecular weight is 235 g/mol. The number of carbonyl (C=O) groups is 2. The number of carbonyl (C=O) groups excluding carboxylic acids is 2. The Morgan fingerprint density at radius 2 is 1.76 bits per heavy atom. The van der Waals surface area contributed by atoms with Crippen LogP contribution >= 0.6 is 0 Å². The Balaban J connectivity index is 3.19. The van der Waals surface area contributed by atoms with E-state index in [2.05, 4.69) is 0 Å². The number of methoxy groups -OCH3 is 1. The van der Waals surface area contributed by atoms with Crippen LogP contribution < -0.4 is 9.64 Å². The van der Waals surface area contributed by atoms with Gasteiger partial charge in [0.25, 0.3) is 5.91 Å². The summed E-state index contributed by atoms with van der Waals surface area (Å²) >= 11 is 0. The molecular weight excluding hydrogens is 218 g/mol. The van der Waals surface area contributed by atoms with E-state index in [1.54, 1.807) is 14.2 Å². The zero-order valence-corrected chi connectivity index (χ0v) is 10.8. The van der Waals surface area contributed by atoms with Gasteiger partial charge in [-0.15, -0.1) is 0 Å². The first kappa shape index (κ1) is 13.2. The van der Waals surface area contributed by atoms with E-state index in [4.69, 9.17) is 4.74 Å². The van der Waals surface area contributed by atoms with Crippen molar-refractivity contribution in [3.63, 3.8) is 0 Å². The molecule has 92 valence electrons. The van der Waals surface area contributed by atoms with Crippen molar-refractivity contribution in [3.8, 4) is 5.75 Å². The first-order valence-electron chi connectivity index (χ1n) is 5.32. The number of nitrogens with zero attached hydrogens (tertiary/aromatic N) is 1. The Morgan fingerprint density at radius 1 is 1.18 bits per heavy atom. The maximum Gasteiger partial charge on any atom is 0.293 e. The Kier molecular flexibility index (Phi) is 3.89. The fraction of sp³-hybridized carbons (Fsp3) is 0.385. The minimum Gasteiger partial charge on any atom is -0.496 e. The molecule has 0 fully saturated rings. The topological polar surface area (TPSA) is 46.6 Å². The number of hydrogen-bond donors (Lipinski definition) is 0. The average Bonchev–Trinajstić information content (AvgIpc) is 2.29. The Bertz CT molecular complexity index is 466. The number of Topliss-reactive ketones (excluding diaryl/α,β-unsaturated/α-hetero) is 1. The highest BCUT2D eigenvalue weighted by molar-refractivity contribution is 6.40. The van der Waals surface area contributed by atoms with Gasteiger partial charge in [0.15, 0.2) is 0 Å². The molecule has 0 saturated heterocycles. The summed E-state index contributed by atoms with van der Waals surface area (Å²) in [5.74, 6) is -0.215. The van der Waals surface area contributed by atoms with Crippen LogP contribution in [0.4, 0.5) is 5.69 Å². The number of likely N-dealkylation sites (N-methyl/N-ethyl adjacent to an activating group) is 1. The van der Waals surface area contributed by atoms with Crippen molar-refractivity contribution in [3.05, 3.63) is 23.3 Å². The van der Waals surface area contributed by atoms with Crippen LogP contribution in [0.15, 0.2) is 12.1 Å². The molecular formula is C13H17NO3. The number of anilines is 1. The molecule has 0 atom stereocenters. The monoisotopic (exact) mass is 235 g/mol. The molecule has 0 saturated carbocycles. The SMILES string of the molecule is COc1cc(C)c(N(C)C(=O)C(C)=O)cc1C. The van der Waals surface area contributed by atoms with Gasteiger partial charge in [-0.1, -0.05) is 0 Å².